The van der Waals surface area contributed by atoms with Crippen LogP contribution in [0.4, 0.5) is 26.3 Å². The van der Waals surface area contributed by atoms with E-state index in [1.165, 1.54) is 18.2 Å². The lowest BCUT2D eigenvalue weighted by molar-refractivity contribution is -0.281. The van der Waals surface area contributed by atoms with E-state index in [4.69, 9.17) is 14.0 Å². The number of hydrogen-bond acceptors (Lipinski definition) is 5. The second-order valence-electron chi connectivity index (χ2n) is 6.54. The molecular formula is C15H15F6NO6S. The summed E-state index contributed by atoms with van der Waals surface area (Å²) in [6, 6.07) is 3.76. The van der Waals surface area contributed by atoms with Crippen molar-refractivity contribution in [3.05, 3.63) is 23.8 Å². The van der Waals surface area contributed by atoms with E-state index in [1.54, 1.807) is 13.8 Å². The van der Waals surface area contributed by atoms with Crippen molar-refractivity contribution >= 4 is 16.0 Å². The van der Waals surface area contributed by atoms with E-state index in [0.29, 0.717) is 5.75 Å². The topological polar surface area (TPSA) is 102 Å². The zero-order valence-electron chi connectivity index (χ0n) is 14.8. The van der Waals surface area contributed by atoms with Gasteiger partial charge in [-0.05, 0) is 18.2 Å². The number of halogens is 6. The Morgan fingerprint density at radius 1 is 1.10 bits per heavy atom. The molecule has 0 fully saturated rings. The van der Waals surface area contributed by atoms with Gasteiger partial charge in [0.05, 0.1) is 0 Å². The molecule has 29 heavy (non-hydrogen) atoms. The molecule has 0 bridgehead atoms. The molecule has 7 nitrogen and oxygen atoms in total. The van der Waals surface area contributed by atoms with Crippen LogP contribution in [0.5, 0.6) is 11.5 Å². The monoisotopic (exact) mass is 451 g/mol. The summed E-state index contributed by atoms with van der Waals surface area (Å²) < 4.78 is 120. The maximum Gasteiger partial charge on any atom is 0.437 e. The molecule has 0 aliphatic carbocycles. The third-order valence-corrected chi connectivity index (χ3v) is 4.70. The van der Waals surface area contributed by atoms with Crippen LogP contribution >= 0.6 is 0 Å². The van der Waals surface area contributed by atoms with E-state index < -0.39 is 51.9 Å². The van der Waals surface area contributed by atoms with Gasteiger partial charge in [0.1, 0.15) is 0 Å². The van der Waals surface area contributed by atoms with Crippen LogP contribution in [0.25, 0.3) is 0 Å². The molecule has 0 unspecified atom stereocenters. The van der Waals surface area contributed by atoms with Crippen LogP contribution in [0.15, 0.2) is 18.2 Å². The molecule has 1 amide bonds. The van der Waals surface area contributed by atoms with Crippen LogP contribution in [0.3, 0.4) is 0 Å². The van der Waals surface area contributed by atoms with E-state index in [2.05, 4.69) is 0 Å². The van der Waals surface area contributed by atoms with Gasteiger partial charge in [-0.2, -0.15) is 34.8 Å². The maximum atomic E-state index is 13.6. The maximum absolute atomic E-state index is 13.6. The van der Waals surface area contributed by atoms with Gasteiger partial charge in [-0.1, -0.05) is 0 Å². The van der Waals surface area contributed by atoms with Crippen LogP contribution < -0.4 is 14.8 Å². The molecule has 2 rings (SSSR count). The zero-order chi connectivity index (χ0) is 22.5. The second-order valence-corrected chi connectivity index (χ2v) is 8.00. The fourth-order valence-corrected chi connectivity index (χ4v) is 2.80. The molecule has 14 heteroatoms. The molecule has 0 saturated carbocycles. The SMILES string of the molecule is CC1(C)Oc2ccc(C(=O)NCCC(F)(F)C(F)(F)C(F)(F)S(=O)(=O)O)cc2O1. The van der Waals surface area contributed by atoms with E-state index in [9.17, 15) is 39.6 Å². The number of ether oxygens (including phenoxy) is 2. The largest absolute Gasteiger partial charge is 0.449 e. The van der Waals surface area contributed by atoms with Crippen molar-refractivity contribution in [2.45, 2.75) is 43.2 Å². The van der Waals surface area contributed by atoms with Gasteiger partial charge in [-0.25, -0.2) is 0 Å². The number of amides is 1. The van der Waals surface area contributed by atoms with Crippen molar-refractivity contribution in [2.75, 3.05) is 6.54 Å². The standard InChI is InChI=1S/C15H15F6NO6S/c1-12(2)27-9-4-3-8(7-10(9)28-12)11(23)22-6-5-13(16,17)14(18,19)15(20,21)29(24,25)26/h3-4,7H,5-6H2,1-2H3,(H,22,23)(H,24,25,26). The van der Waals surface area contributed by atoms with Crippen LogP contribution in [0, 0.1) is 0 Å². The van der Waals surface area contributed by atoms with Crippen molar-refractivity contribution in [1.29, 1.82) is 0 Å². The smallest absolute Gasteiger partial charge is 0.437 e. The van der Waals surface area contributed by atoms with Crippen molar-refractivity contribution in [2.24, 2.45) is 0 Å². The summed E-state index contributed by atoms with van der Waals surface area (Å²) in [7, 11) is -6.82. The average Bonchev–Trinajstić information content (AvgIpc) is 2.85. The normalized spacial score (nSPS) is 16.6. The van der Waals surface area contributed by atoms with Crippen LogP contribution in [-0.4, -0.2) is 48.3 Å². The Morgan fingerprint density at radius 3 is 2.21 bits per heavy atom. The molecule has 1 aliphatic heterocycles. The molecule has 1 aromatic carbocycles. The number of hydrogen-bond donors (Lipinski definition) is 2. The Labute approximate surface area is 160 Å². The Hall–Kier alpha value is -2.22. The fraction of sp³-hybridized carbons (Fsp3) is 0.533. The molecular weight excluding hydrogens is 436 g/mol. The summed E-state index contributed by atoms with van der Waals surface area (Å²) in [5, 5.41) is -4.61. The lowest BCUT2D eigenvalue weighted by atomic mass is 10.1. The minimum Gasteiger partial charge on any atom is -0.449 e. The van der Waals surface area contributed by atoms with Crippen LogP contribution in [-0.2, 0) is 10.1 Å². The van der Waals surface area contributed by atoms with Gasteiger partial charge in [0.2, 0.25) is 5.79 Å². The number of carbonyl (C=O) groups is 1. The van der Waals surface area contributed by atoms with Gasteiger partial charge >= 0.3 is 27.2 Å². The number of fused-ring (bicyclic) bond motifs is 1. The van der Waals surface area contributed by atoms with E-state index in [0.717, 1.165) is 0 Å². The highest BCUT2D eigenvalue weighted by Crippen LogP contribution is 2.49. The van der Waals surface area contributed by atoms with Gasteiger partial charge in [0, 0.05) is 32.4 Å². The molecule has 2 N–H and O–H groups in total. The summed E-state index contributed by atoms with van der Waals surface area (Å²) in [5.74, 6) is -13.6. The predicted octanol–water partition coefficient (Wildman–Crippen LogP) is 3.07. The third-order valence-electron chi connectivity index (χ3n) is 3.79. The summed E-state index contributed by atoms with van der Waals surface area (Å²) in [6.45, 7) is 1.96. The number of rotatable bonds is 7. The van der Waals surface area contributed by atoms with Crippen molar-refractivity contribution in [3.63, 3.8) is 0 Å². The summed E-state index contributed by atoms with van der Waals surface area (Å²) in [5.41, 5.74) is -0.122. The second kappa shape index (κ2) is 6.93. The first-order valence-corrected chi connectivity index (χ1v) is 9.26. The summed E-state index contributed by atoms with van der Waals surface area (Å²) >= 11 is 0. The van der Waals surface area contributed by atoms with Gasteiger partial charge in [0.25, 0.3) is 5.91 Å². The molecule has 1 aromatic rings. The van der Waals surface area contributed by atoms with Crippen LogP contribution in [0.1, 0.15) is 30.6 Å². The molecule has 0 atom stereocenters. The van der Waals surface area contributed by atoms with Crippen molar-refractivity contribution < 1.29 is 53.6 Å². The van der Waals surface area contributed by atoms with Gasteiger partial charge in [0.15, 0.2) is 11.5 Å². The highest BCUT2D eigenvalue weighted by atomic mass is 32.2. The fourth-order valence-electron chi connectivity index (χ4n) is 2.33. The van der Waals surface area contributed by atoms with E-state index in [-0.39, 0.29) is 11.3 Å². The summed E-state index contributed by atoms with van der Waals surface area (Å²) in [4.78, 5) is 12.0. The zero-order valence-corrected chi connectivity index (χ0v) is 15.6. The highest BCUT2D eigenvalue weighted by molar-refractivity contribution is 7.87. The minimum atomic E-state index is -6.82. The lowest BCUT2D eigenvalue weighted by Gasteiger charge is -2.30. The van der Waals surface area contributed by atoms with E-state index >= 15 is 0 Å². The minimum absolute atomic E-state index is 0.122. The Bertz CT molecular complexity index is 918. The molecule has 164 valence electrons. The highest BCUT2D eigenvalue weighted by Gasteiger charge is 2.76. The molecule has 1 heterocycles. The first-order valence-electron chi connectivity index (χ1n) is 7.82. The predicted molar refractivity (Wildman–Crippen MR) is 85.1 cm³/mol. The van der Waals surface area contributed by atoms with E-state index in [1.807, 2.05) is 5.32 Å². The first kappa shape index (κ1) is 23.1. The first-order chi connectivity index (χ1) is 12.9. The molecule has 1 aliphatic rings. The molecule has 0 radical (unpaired) electrons. The van der Waals surface area contributed by atoms with Gasteiger partial charge in [-0.3, -0.25) is 9.35 Å². The number of benzene rings is 1. The molecule has 0 spiro atoms. The van der Waals surface area contributed by atoms with Gasteiger partial charge in [-0.15, -0.1) is 0 Å². The summed E-state index contributed by atoms with van der Waals surface area (Å²) in [6.07, 6.45) is -2.03. The third kappa shape index (κ3) is 4.22. The molecule has 0 aromatic heterocycles. The Balaban J connectivity index is 2.05. The van der Waals surface area contributed by atoms with Gasteiger partial charge < -0.3 is 14.8 Å². The Morgan fingerprint density at radius 2 is 1.66 bits per heavy atom. The van der Waals surface area contributed by atoms with Crippen molar-refractivity contribution in [1.82, 2.24) is 5.32 Å². The lowest BCUT2D eigenvalue weighted by Crippen LogP contribution is -2.58. The quantitative estimate of drug-likeness (QED) is 0.488. The number of nitrogens with one attached hydrogen (secondary N) is 1. The van der Waals surface area contributed by atoms with Crippen molar-refractivity contribution in [3.8, 4) is 11.5 Å². The molecule has 0 saturated heterocycles. The number of alkyl halides is 6. The number of carbonyl (C=O) groups excluding carboxylic acids is 1. The van der Waals surface area contributed by atoms with Crippen LogP contribution in [0.2, 0.25) is 0 Å². The average molecular weight is 451 g/mol. The Kier molecular flexibility index (Phi) is 5.51.